The molecular formula is C10H16N2O2. The maximum absolute atomic E-state index is 9.56. The Morgan fingerprint density at radius 2 is 2.14 bits per heavy atom. The number of anilines is 1. The van der Waals surface area contributed by atoms with Crippen LogP contribution in [-0.2, 0) is 6.42 Å². The molecule has 1 aromatic rings. The van der Waals surface area contributed by atoms with Crippen molar-refractivity contribution in [2.24, 2.45) is 0 Å². The van der Waals surface area contributed by atoms with Gasteiger partial charge in [0.15, 0.2) is 0 Å². The number of nitrogen functional groups attached to an aromatic ring is 1. The number of nitrogens with two attached hydrogens (primary N) is 1. The van der Waals surface area contributed by atoms with E-state index in [9.17, 15) is 10.2 Å². The average Bonchev–Trinajstić information content (AvgIpc) is 2.20. The van der Waals surface area contributed by atoms with Gasteiger partial charge in [0.25, 0.3) is 0 Å². The largest absolute Gasteiger partial charge is 0.390 e. The third-order valence-corrected chi connectivity index (χ3v) is 2.22. The Kier molecular flexibility index (Phi) is 3.85. The highest BCUT2D eigenvalue weighted by atomic mass is 16.3. The second kappa shape index (κ2) is 4.93. The first-order valence-electron chi connectivity index (χ1n) is 4.70. The van der Waals surface area contributed by atoms with Gasteiger partial charge in [0.05, 0.1) is 12.2 Å². The first kappa shape index (κ1) is 10.9. The number of aliphatic hydroxyl groups is 2. The molecule has 0 aromatic carbocycles. The first-order valence-corrected chi connectivity index (χ1v) is 4.70. The molecule has 0 radical (unpaired) electrons. The lowest BCUT2D eigenvalue weighted by molar-refractivity contribution is 0.0182. The smallest absolute Gasteiger partial charge is 0.126 e. The van der Waals surface area contributed by atoms with E-state index < -0.39 is 12.2 Å². The fraction of sp³-hybridized carbons (Fsp3) is 0.500. The van der Waals surface area contributed by atoms with Gasteiger partial charge in [0, 0.05) is 12.6 Å². The Bertz CT molecular complexity index is 291. The summed E-state index contributed by atoms with van der Waals surface area (Å²) < 4.78 is 0. The van der Waals surface area contributed by atoms with Crippen molar-refractivity contribution in [1.82, 2.24) is 4.98 Å². The average molecular weight is 196 g/mol. The van der Waals surface area contributed by atoms with E-state index in [-0.39, 0.29) is 0 Å². The number of aliphatic hydroxyl groups excluding tert-OH is 2. The third kappa shape index (κ3) is 2.68. The minimum atomic E-state index is -0.772. The second-order valence-electron chi connectivity index (χ2n) is 3.29. The van der Waals surface area contributed by atoms with Crippen molar-refractivity contribution in [3.8, 4) is 0 Å². The highest BCUT2D eigenvalue weighted by Crippen LogP contribution is 2.12. The van der Waals surface area contributed by atoms with Crippen LogP contribution in [0.5, 0.6) is 0 Å². The van der Waals surface area contributed by atoms with Crippen molar-refractivity contribution in [3.63, 3.8) is 0 Å². The van der Waals surface area contributed by atoms with Crippen LogP contribution in [0.15, 0.2) is 18.3 Å². The van der Waals surface area contributed by atoms with Crippen LogP contribution in [0.2, 0.25) is 0 Å². The van der Waals surface area contributed by atoms with Gasteiger partial charge in [-0.15, -0.1) is 0 Å². The van der Waals surface area contributed by atoms with E-state index in [1.54, 1.807) is 18.3 Å². The molecule has 4 nitrogen and oxygen atoms in total. The fourth-order valence-electron chi connectivity index (χ4n) is 1.26. The van der Waals surface area contributed by atoms with Gasteiger partial charge in [-0.25, -0.2) is 4.98 Å². The lowest BCUT2D eigenvalue weighted by Gasteiger charge is -2.16. The summed E-state index contributed by atoms with van der Waals surface area (Å²) in [7, 11) is 0. The Morgan fingerprint density at radius 3 is 2.71 bits per heavy atom. The number of pyridine rings is 1. The minimum Gasteiger partial charge on any atom is -0.390 e. The van der Waals surface area contributed by atoms with Crippen molar-refractivity contribution in [1.29, 1.82) is 0 Å². The zero-order valence-electron chi connectivity index (χ0n) is 8.22. The van der Waals surface area contributed by atoms with Crippen LogP contribution < -0.4 is 5.73 Å². The molecule has 0 saturated heterocycles. The van der Waals surface area contributed by atoms with Crippen LogP contribution in [0.3, 0.4) is 0 Å². The normalized spacial score (nSPS) is 15.1. The lowest BCUT2D eigenvalue weighted by Crippen LogP contribution is -2.27. The van der Waals surface area contributed by atoms with Crippen LogP contribution >= 0.6 is 0 Å². The maximum Gasteiger partial charge on any atom is 0.126 e. The summed E-state index contributed by atoms with van der Waals surface area (Å²) in [5.41, 5.74) is 6.38. The van der Waals surface area contributed by atoms with Crippen molar-refractivity contribution in [3.05, 3.63) is 23.9 Å². The highest BCUT2D eigenvalue weighted by Gasteiger charge is 2.15. The molecule has 0 aliphatic heterocycles. The third-order valence-electron chi connectivity index (χ3n) is 2.22. The zero-order chi connectivity index (χ0) is 10.6. The number of aromatic nitrogens is 1. The summed E-state index contributed by atoms with van der Waals surface area (Å²) in [6, 6.07) is 3.56. The minimum absolute atomic E-state index is 0.342. The second-order valence-corrected chi connectivity index (χ2v) is 3.29. The highest BCUT2D eigenvalue weighted by molar-refractivity contribution is 5.38. The molecule has 0 spiro atoms. The molecule has 78 valence electrons. The molecule has 1 aromatic heterocycles. The number of hydrogen-bond acceptors (Lipinski definition) is 4. The Morgan fingerprint density at radius 1 is 1.43 bits per heavy atom. The van der Waals surface area contributed by atoms with Gasteiger partial charge in [-0.2, -0.15) is 0 Å². The van der Waals surface area contributed by atoms with Gasteiger partial charge >= 0.3 is 0 Å². The molecule has 0 saturated carbocycles. The quantitative estimate of drug-likeness (QED) is 0.648. The summed E-state index contributed by atoms with van der Waals surface area (Å²) in [6.45, 7) is 1.82. The van der Waals surface area contributed by atoms with E-state index in [1.165, 1.54) is 0 Å². The van der Waals surface area contributed by atoms with E-state index in [4.69, 9.17) is 5.73 Å². The summed E-state index contributed by atoms with van der Waals surface area (Å²) in [4.78, 5) is 3.90. The molecular weight excluding hydrogens is 180 g/mol. The van der Waals surface area contributed by atoms with E-state index in [0.717, 1.165) is 5.56 Å². The van der Waals surface area contributed by atoms with E-state index in [2.05, 4.69) is 4.98 Å². The zero-order valence-corrected chi connectivity index (χ0v) is 8.22. The van der Waals surface area contributed by atoms with E-state index in [1.807, 2.05) is 6.92 Å². The first-order chi connectivity index (χ1) is 6.65. The number of rotatable bonds is 4. The molecule has 4 N–H and O–H groups in total. The van der Waals surface area contributed by atoms with Crippen LogP contribution in [0.25, 0.3) is 0 Å². The van der Waals surface area contributed by atoms with Crippen molar-refractivity contribution in [2.45, 2.75) is 32.0 Å². The fourth-order valence-corrected chi connectivity index (χ4v) is 1.26. The van der Waals surface area contributed by atoms with Crippen molar-refractivity contribution >= 4 is 5.82 Å². The van der Waals surface area contributed by atoms with E-state index >= 15 is 0 Å². The molecule has 1 rings (SSSR count). The Balaban J connectivity index is 2.64. The van der Waals surface area contributed by atoms with Crippen molar-refractivity contribution in [2.75, 3.05) is 5.73 Å². The molecule has 0 fully saturated rings. The summed E-state index contributed by atoms with van der Waals surface area (Å²) in [6.07, 6.45) is 0.999. The van der Waals surface area contributed by atoms with Gasteiger partial charge in [0.2, 0.25) is 0 Å². The Hall–Kier alpha value is -1.13. The molecule has 0 aliphatic rings. The molecule has 4 heteroatoms. The number of nitrogens with zero attached hydrogens (tertiary/aromatic N) is 1. The predicted octanol–water partition coefficient (Wildman–Crippen LogP) is 0.338. The van der Waals surface area contributed by atoms with E-state index in [0.29, 0.717) is 18.7 Å². The SMILES string of the molecule is CCC(O)C(O)Cc1cccnc1N. The Labute approximate surface area is 83.4 Å². The maximum atomic E-state index is 9.56. The molecule has 14 heavy (non-hydrogen) atoms. The van der Waals surface area contributed by atoms with Gasteiger partial charge in [-0.3, -0.25) is 0 Å². The van der Waals surface area contributed by atoms with Gasteiger partial charge < -0.3 is 15.9 Å². The summed E-state index contributed by atoms with van der Waals surface area (Å²) >= 11 is 0. The summed E-state index contributed by atoms with van der Waals surface area (Å²) in [5, 5.41) is 18.9. The van der Waals surface area contributed by atoms with Crippen LogP contribution in [0, 0.1) is 0 Å². The molecule has 0 aliphatic carbocycles. The lowest BCUT2D eigenvalue weighted by atomic mass is 10.0. The van der Waals surface area contributed by atoms with Crippen LogP contribution in [-0.4, -0.2) is 27.4 Å². The van der Waals surface area contributed by atoms with Crippen LogP contribution in [0.4, 0.5) is 5.82 Å². The topological polar surface area (TPSA) is 79.4 Å². The van der Waals surface area contributed by atoms with Crippen molar-refractivity contribution < 1.29 is 10.2 Å². The molecule has 2 atom stereocenters. The summed E-state index contributed by atoms with van der Waals surface area (Å²) in [5.74, 6) is 0.412. The van der Waals surface area contributed by atoms with Gasteiger partial charge in [-0.1, -0.05) is 13.0 Å². The van der Waals surface area contributed by atoms with Gasteiger partial charge in [0.1, 0.15) is 5.82 Å². The predicted molar refractivity (Wildman–Crippen MR) is 54.7 cm³/mol. The molecule has 0 amide bonds. The van der Waals surface area contributed by atoms with Gasteiger partial charge in [-0.05, 0) is 18.1 Å². The molecule has 2 unspecified atom stereocenters. The standard InChI is InChI=1S/C10H16N2O2/c1-2-8(13)9(14)6-7-4-3-5-12-10(7)11/h3-5,8-9,13-14H,2,6H2,1H3,(H2,11,12). The van der Waals surface area contributed by atoms with Crippen LogP contribution in [0.1, 0.15) is 18.9 Å². The molecule has 0 bridgehead atoms. The number of hydrogen-bond donors (Lipinski definition) is 3. The molecule has 1 heterocycles. The monoisotopic (exact) mass is 196 g/mol.